The summed E-state index contributed by atoms with van der Waals surface area (Å²) in [5.41, 5.74) is 0. The molecule has 1 N–H and O–H groups in total. The van der Waals surface area contributed by atoms with Gasteiger partial charge >= 0.3 is 5.97 Å². The smallest absolute Gasteiger partial charge is 0.328 e. The molecule has 0 unspecified atom stereocenters. The molecule has 0 fully saturated rings. The molecule has 0 saturated carbocycles. The van der Waals surface area contributed by atoms with Crippen molar-refractivity contribution in [2.45, 2.75) is 37.6 Å². The Morgan fingerprint density at radius 2 is 1.86 bits per heavy atom. The number of ether oxygens (including phenoxy) is 1. The van der Waals surface area contributed by atoms with Crippen molar-refractivity contribution in [2.75, 3.05) is 12.9 Å². The number of methoxy groups -OCH3 is 1. The number of hydrogen-bond donors (Lipinski definition) is 1. The number of carbonyl (C=O) groups excluding carboxylic acids is 2. The second-order valence-corrected chi connectivity index (χ2v) is 6.96. The fourth-order valence-electron chi connectivity index (χ4n) is 1.93. The van der Waals surface area contributed by atoms with Crippen LogP contribution in [0.2, 0.25) is 0 Å². The summed E-state index contributed by atoms with van der Waals surface area (Å²) in [6.07, 6.45) is 0.618. The molecule has 1 rings (SSSR count). The third-order valence-corrected chi connectivity index (χ3v) is 4.42. The van der Waals surface area contributed by atoms with E-state index in [0.717, 1.165) is 0 Å². The highest BCUT2D eigenvalue weighted by Gasteiger charge is 2.22. The van der Waals surface area contributed by atoms with Crippen LogP contribution in [0, 0.1) is 5.92 Å². The van der Waals surface area contributed by atoms with Crippen LogP contribution >= 0.6 is 0 Å². The summed E-state index contributed by atoms with van der Waals surface area (Å²) in [6.45, 7) is 3.86. The summed E-state index contributed by atoms with van der Waals surface area (Å²) in [4.78, 5) is 24.3. The number of rotatable bonds is 8. The van der Waals surface area contributed by atoms with E-state index < -0.39 is 22.8 Å². The van der Waals surface area contributed by atoms with Gasteiger partial charge in [0, 0.05) is 17.1 Å². The first-order valence-electron chi connectivity index (χ1n) is 7.24. The van der Waals surface area contributed by atoms with Crippen LogP contribution in [0.1, 0.15) is 26.7 Å². The van der Waals surface area contributed by atoms with E-state index in [1.165, 1.54) is 7.11 Å². The van der Waals surface area contributed by atoms with Crippen LogP contribution in [0.4, 0.5) is 0 Å². The molecule has 0 saturated heterocycles. The van der Waals surface area contributed by atoms with Gasteiger partial charge in [-0.3, -0.25) is 9.00 Å². The second kappa shape index (κ2) is 9.35. The first-order chi connectivity index (χ1) is 10.4. The van der Waals surface area contributed by atoms with E-state index in [-0.39, 0.29) is 24.0 Å². The highest BCUT2D eigenvalue weighted by Crippen LogP contribution is 2.09. The van der Waals surface area contributed by atoms with Gasteiger partial charge in [0.1, 0.15) is 6.04 Å². The zero-order valence-corrected chi connectivity index (χ0v) is 14.0. The van der Waals surface area contributed by atoms with E-state index >= 15 is 0 Å². The van der Waals surface area contributed by atoms with Crippen LogP contribution in [0.3, 0.4) is 0 Å². The van der Waals surface area contributed by atoms with Crippen LogP contribution in [-0.2, 0) is 25.1 Å². The van der Waals surface area contributed by atoms with E-state index in [1.54, 1.807) is 12.1 Å². The average molecular weight is 325 g/mol. The van der Waals surface area contributed by atoms with Crippen molar-refractivity contribution < 1.29 is 18.5 Å². The monoisotopic (exact) mass is 325 g/mol. The zero-order chi connectivity index (χ0) is 16.5. The number of esters is 1. The Bertz CT molecular complexity index is 516. The van der Waals surface area contributed by atoms with Crippen LogP contribution in [0.5, 0.6) is 0 Å². The Labute approximate surface area is 133 Å². The molecule has 2 atom stereocenters. The molecule has 122 valence electrons. The van der Waals surface area contributed by atoms with Crippen LogP contribution in [-0.4, -0.2) is 35.0 Å². The van der Waals surface area contributed by atoms with Gasteiger partial charge in [-0.1, -0.05) is 32.0 Å². The van der Waals surface area contributed by atoms with Gasteiger partial charge in [-0.05, 0) is 24.5 Å². The lowest BCUT2D eigenvalue weighted by Gasteiger charge is -2.17. The predicted octanol–water partition coefficient (Wildman–Crippen LogP) is 1.89. The van der Waals surface area contributed by atoms with Crippen LogP contribution in [0.15, 0.2) is 35.2 Å². The Balaban J connectivity index is 2.60. The van der Waals surface area contributed by atoms with E-state index in [9.17, 15) is 13.8 Å². The summed E-state index contributed by atoms with van der Waals surface area (Å²) >= 11 is 0. The highest BCUT2D eigenvalue weighted by atomic mass is 32.2. The summed E-state index contributed by atoms with van der Waals surface area (Å²) in [6, 6.07) is 8.28. The lowest BCUT2D eigenvalue weighted by atomic mass is 10.1. The minimum absolute atomic E-state index is 0.198. The van der Waals surface area contributed by atoms with Gasteiger partial charge in [0.05, 0.1) is 17.9 Å². The van der Waals surface area contributed by atoms with Crippen LogP contribution < -0.4 is 5.32 Å². The van der Waals surface area contributed by atoms with E-state index in [1.807, 2.05) is 32.0 Å². The molecule has 0 aliphatic carbocycles. The van der Waals surface area contributed by atoms with Gasteiger partial charge < -0.3 is 10.1 Å². The molecule has 1 aromatic carbocycles. The first-order valence-corrected chi connectivity index (χ1v) is 8.56. The molecule has 0 aliphatic heterocycles. The fraction of sp³-hybridized carbons (Fsp3) is 0.500. The van der Waals surface area contributed by atoms with Gasteiger partial charge in [-0.25, -0.2) is 4.79 Å². The minimum Gasteiger partial charge on any atom is -0.467 e. The number of nitrogens with one attached hydrogen (secondary N) is 1. The van der Waals surface area contributed by atoms with Crippen molar-refractivity contribution in [1.29, 1.82) is 0 Å². The molecule has 0 aromatic heterocycles. The van der Waals surface area contributed by atoms with Crippen molar-refractivity contribution in [3.05, 3.63) is 30.3 Å². The van der Waals surface area contributed by atoms with Gasteiger partial charge in [0.2, 0.25) is 5.91 Å². The molecule has 1 aromatic rings. The zero-order valence-electron chi connectivity index (χ0n) is 13.2. The Kier molecular flexibility index (Phi) is 7.80. The number of hydrogen-bond acceptors (Lipinski definition) is 4. The average Bonchev–Trinajstić information content (AvgIpc) is 2.50. The maximum atomic E-state index is 12.2. The number of carbonyl (C=O) groups is 2. The largest absolute Gasteiger partial charge is 0.467 e. The molecule has 0 heterocycles. The Morgan fingerprint density at radius 3 is 2.41 bits per heavy atom. The number of benzene rings is 1. The maximum absolute atomic E-state index is 12.2. The Morgan fingerprint density at radius 1 is 1.23 bits per heavy atom. The third-order valence-electron chi connectivity index (χ3n) is 3.01. The van der Waals surface area contributed by atoms with Gasteiger partial charge in [0.25, 0.3) is 0 Å². The minimum atomic E-state index is -1.21. The van der Waals surface area contributed by atoms with Crippen molar-refractivity contribution >= 4 is 22.7 Å². The molecule has 0 aliphatic rings. The maximum Gasteiger partial charge on any atom is 0.328 e. The molecule has 6 heteroatoms. The van der Waals surface area contributed by atoms with Crippen molar-refractivity contribution in [1.82, 2.24) is 5.32 Å². The van der Waals surface area contributed by atoms with E-state index in [4.69, 9.17) is 4.74 Å². The Hall–Kier alpha value is -1.69. The number of amides is 1. The quantitative estimate of drug-likeness (QED) is 0.741. The highest BCUT2D eigenvalue weighted by molar-refractivity contribution is 7.85. The molecular weight excluding hydrogens is 302 g/mol. The van der Waals surface area contributed by atoms with Crippen molar-refractivity contribution in [3.8, 4) is 0 Å². The van der Waals surface area contributed by atoms with E-state index in [0.29, 0.717) is 11.3 Å². The van der Waals surface area contributed by atoms with Crippen molar-refractivity contribution in [2.24, 2.45) is 5.92 Å². The first kappa shape index (κ1) is 18.4. The topological polar surface area (TPSA) is 72.5 Å². The van der Waals surface area contributed by atoms with Gasteiger partial charge in [-0.2, -0.15) is 0 Å². The fourth-order valence-corrected chi connectivity index (χ4v) is 3.08. The summed E-state index contributed by atoms with van der Waals surface area (Å²) in [7, 11) is 0.0687. The van der Waals surface area contributed by atoms with Crippen molar-refractivity contribution in [3.63, 3.8) is 0 Å². The van der Waals surface area contributed by atoms with Gasteiger partial charge in [0.15, 0.2) is 0 Å². The summed E-state index contributed by atoms with van der Waals surface area (Å²) in [5, 5.41) is 2.66. The molecule has 0 spiro atoms. The summed E-state index contributed by atoms with van der Waals surface area (Å²) < 4.78 is 16.9. The normalized spacial score (nSPS) is 13.5. The predicted molar refractivity (Wildman–Crippen MR) is 85.7 cm³/mol. The molecule has 0 radical (unpaired) electrons. The second-order valence-electron chi connectivity index (χ2n) is 5.39. The van der Waals surface area contributed by atoms with Crippen LogP contribution in [0.25, 0.3) is 0 Å². The molecular formula is C16H23NO4S. The summed E-state index contributed by atoms with van der Waals surface area (Å²) in [5.74, 6) is -0.221. The standard InChI is InChI=1S/C16H23NO4S/c1-12(2)11-15(18)17-14(16(19)21-3)9-10-22(20)13-7-5-4-6-8-13/h4-8,12,14H,9-11H2,1-3H3,(H,17,18)/t14-,22-/m0/s1. The lowest BCUT2D eigenvalue weighted by molar-refractivity contribution is -0.145. The lowest BCUT2D eigenvalue weighted by Crippen LogP contribution is -2.42. The van der Waals surface area contributed by atoms with E-state index in [2.05, 4.69) is 5.32 Å². The molecule has 5 nitrogen and oxygen atoms in total. The van der Waals surface area contributed by atoms with Gasteiger partial charge in [-0.15, -0.1) is 0 Å². The molecule has 22 heavy (non-hydrogen) atoms. The third kappa shape index (κ3) is 6.39. The molecule has 0 bridgehead atoms. The SMILES string of the molecule is COC(=O)[C@H](CC[S@](=O)c1ccccc1)NC(=O)CC(C)C. The molecule has 1 amide bonds.